The summed E-state index contributed by atoms with van der Waals surface area (Å²) in [6.07, 6.45) is 0. The van der Waals surface area contributed by atoms with E-state index in [1.165, 1.54) is 30.3 Å². The van der Waals surface area contributed by atoms with E-state index in [2.05, 4.69) is 0 Å². The molecule has 0 unspecified atom stereocenters. The fraction of sp³-hybridized carbons (Fsp3) is 0.368. The molecule has 0 atom stereocenters. The maximum Gasteiger partial charge on any atom is 0.374 e. The Bertz CT molecular complexity index is 815. The Morgan fingerprint density at radius 1 is 1.07 bits per heavy atom. The van der Waals surface area contributed by atoms with Gasteiger partial charge in [-0.05, 0) is 52.0 Å². The van der Waals surface area contributed by atoms with Crippen molar-refractivity contribution < 1.29 is 23.7 Å². The van der Waals surface area contributed by atoms with Crippen molar-refractivity contribution in [1.29, 1.82) is 0 Å². The molecule has 144 valence electrons. The Morgan fingerprint density at radius 3 is 2.19 bits per heavy atom. The van der Waals surface area contributed by atoms with Crippen molar-refractivity contribution >= 4 is 17.6 Å². The van der Waals surface area contributed by atoms with Crippen molar-refractivity contribution in [3.8, 4) is 11.3 Å². The molecular formula is C19H22N2O6. The molecule has 1 aromatic heterocycles. The number of benzene rings is 1. The molecule has 2 aromatic rings. The molecule has 2 rings (SSSR count). The van der Waals surface area contributed by atoms with Crippen LogP contribution in [0.25, 0.3) is 11.3 Å². The molecule has 0 aliphatic carbocycles. The van der Waals surface area contributed by atoms with Gasteiger partial charge in [-0.25, -0.2) is 4.79 Å². The van der Waals surface area contributed by atoms with Crippen LogP contribution in [0, 0.1) is 10.1 Å². The summed E-state index contributed by atoms with van der Waals surface area (Å²) >= 11 is 0. The van der Waals surface area contributed by atoms with Gasteiger partial charge in [-0.2, -0.15) is 0 Å². The SMILES string of the molecule is CC(C)N(C(=O)COC(=O)c1ccc(-c2ccc([N+](=O)[O-])cc2)o1)C(C)C. The summed E-state index contributed by atoms with van der Waals surface area (Å²) in [5.74, 6) is -0.703. The van der Waals surface area contributed by atoms with E-state index in [-0.39, 0.29) is 36.0 Å². The fourth-order valence-electron chi connectivity index (χ4n) is 2.80. The number of nitro groups is 1. The number of hydrogen-bond acceptors (Lipinski definition) is 6. The lowest BCUT2D eigenvalue weighted by Gasteiger charge is -2.30. The van der Waals surface area contributed by atoms with Crippen molar-refractivity contribution in [3.05, 3.63) is 52.3 Å². The largest absolute Gasteiger partial charge is 0.450 e. The predicted octanol–water partition coefficient (Wildman–Crippen LogP) is 3.66. The Kier molecular flexibility index (Phi) is 6.33. The number of hydrogen-bond donors (Lipinski definition) is 0. The number of ether oxygens (including phenoxy) is 1. The maximum absolute atomic E-state index is 12.2. The van der Waals surface area contributed by atoms with E-state index in [4.69, 9.17) is 9.15 Å². The maximum atomic E-state index is 12.2. The van der Waals surface area contributed by atoms with Crippen molar-refractivity contribution in [2.45, 2.75) is 39.8 Å². The van der Waals surface area contributed by atoms with Gasteiger partial charge in [-0.3, -0.25) is 14.9 Å². The normalized spacial score (nSPS) is 10.9. The summed E-state index contributed by atoms with van der Waals surface area (Å²) in [7, 11) is 0. The quantitative estimate of drug-likeness (QED) is 0.416. The highest BCUT2D eigenvalue weighted by molar-refractivity contribution is 5.89. The molecular weight excluding hydrogens is 352 g/mol. The first-order valence-electron chi connectivity index (χ1n) is 8.53. The Morgan fingerprint density at radius 2 is 1.67 bits per heavy atom. The molecule has 27 heavy (non-hydrogen) atoms. The van der Waals surface area contributed by atoms with Crippen molar-refractivity contribution in [2.24, 2.45) is 0 Å². The topological polar surface area (TPSA) is 103 Å². The number of carbonyl (C=O) groups is 2. The second-order valence-electron chi connectivity index (χ2n) is 6.53. The zero-order chi connectivity index (χ0) is 20.1. The van der Waals surface area contributed by atoms with Crippen LogP contribution in [0.3, 0.4) is 0 Å². The molecule has 0 N–H and O–H groups in total. The highest BCUT2D eigenvalue weighted by Gasteiger charge is 2.22. The average molecular weight is 374 g/mol. The third kappa shape index (κ3) is 4.93. The van der Waals surface area contributed by atoms with E-state index in [1.54, 1.807) is 11.0 Å². The molecule has 8 nitrogen and oxygen atoms in total. The number of furan rings is 1. The standard InChI is InChI=1S/C19H22N2O6/c1-12(2)20(13(3)4)18(22)11-26-19(23)17-10-9-16(27-17)14-5-7-15(8-6-14)21(24)25/h5-10,12-13H,11H2,1-4H3. The van der Waals surface area contributed by atoms with Gasteiger partial charge in [0.1, 0.15) is 5.76 Å². The summed E-state index contributed by atoms with van der Waals surface area (Å²) in [6, 6.07) is 8.74. The van der Waals surface area contributed by atoms with Gasteiger partial charge < -0.3 is 14.1 Å². The third-order valence-corrected chi connectivity index (χ3v) is 3.90. The number of esters is 1. The molecule has 0 saturated carbocycles. The lowest BCUT2D eigenvalue weighted by Crippen LogP contribution is -2.44. The van der Waals surface area contributed by atoms with Crippen LogP contribution in [0.15, 0.2) is 40.8 Å². The molecule has 0 bridgehead atoms. The van der Waals surface area contributed by atoms with Crippen LogP contribution in [0.4, 0.5) is 5.69 Å². The number of nitro benzene ring substituents is 1. The molecule has 8 heteroatoms. The van der Waals surface area contributed by atoms with Crippen LogP contribution in [-0.2, 0) is 9.53 Å². The molecule has 1 heterocycles. The minimum absolute atomic E-state index is 0.00597. The van der Waals surface area contributed by atoms with Crippen molar-refractivity contribution in [2.75, 3.05) is 6.61 Å². The second kappa shape index (κ2) is 8.48. The van der Waals surface area contributed by atoms with Gasteiger partial charge in [0.15, 0.2) is 6.61 Å². The summed E-state index contributed by atoms with van der Waals surface area (Å²) in [6.45, 7) is 7.19. The van der Waals surface area contributed by atoms with Crippen LogP contribution >= 0.6 is 0 Å². The van der Waals surface area contributed by atoms with Gasteiger partial charge in [0, 0.05) is 29.8 Å². The highest BCUT2D eigenvalue weighted by Crippen LogP contribution is 2.24. The first-order chi connectivity index (χ1) is 12.7. The lowest BCUT2D eigenvalue weighted by molar-refractivity contribution is -0.384. The minimum Gasteiger partial charge on any atom is -0.450 e. The molecule has 1 aromatic carbocycles. The van der Waals surface area contributed by atoms with Crippen molar-refractivity contribution in [1.82, 2.24) is 4.90 Å². The van der Waals surface area contributed by atoms with E-state index in [0.717, 1.165) is 0 Å². The van der Waals surface area contributed by atoms with Gasteiger partial charge in [-0.15, -0.1) is 0 Å². The Balaban J connectivity index is 2.02. The van der Waals surface area contributed by atoms with Crippen LogP contribution in [0.5, 0.6) is 0 Å². The molecule has 0 saturated heterocycles. The molecule has 0 radical (unpaired) electrons. The summed E-state index contributed by atoms with van der Waals surface area (Å²) in [4.78, 5) is 36.2. The van der Waals surface area contributed by atoms with Crippen molar-refractivity contribution in [3.63, 3.8) is 0 Å². The van der Waals surface area contributed by atoms with Gasteiger partial charge in [0.05, 0.1) is 4.92 Å². The van der Waals surface area contributed by atoms with Gasteiger partial charge in [0.25, 0.3) is 11.6 Å². The van der Waals surface area contributed by atoms with E-state index in [1.807, 2.05) is 27.7 Å². The van der Waals surface area contributed by atoms with Crippen LogP contribution in [-0.4, -0.2) is 40.4 Å². The first kappa shape index (κ1) is 20.2. The third-order valence-electron chi connectivity index (χ3n) is 3.90. The molecule has 0 aliphatic rings. The van der Waals surface area contributed by atoms with E-state index in [0.29, 0.717) is 11.3 Å². The van der Waals surface area contributed by atoms with Gasteiger partial charge in [-0.1, -0.05) is 0 Å². The first-order valence-corrected chi connectivity index (χ1v) is 8.53. The lowest BCUT2D eigenvalue weighted by atomic mass is 10.1. The number of amides is 1. The summed E-state index contributed by atoms with van der Waals surface area (Å²) < 4.78 is 10.5. The molecule has 0 aliphatic heterocycles. The van der Waals surface area contributed by atoms with Crippen LogP contribution < -0.4 is 0 Å². The predicted molar refractivity (Wildman–Crippen MR) is 98.2 cm³/mol. The molecule has 0 spiro atoms. The summed E-state index contributed by atoms with van der Waals surface area (Å²) in [5.41, 5.74) is 0.546. The highest BCUT2D eigenvalue weighted by atomic mass is 16.6. The fourth-order valence-corrected chi connectivity index (χ4v) is 2.80. The number of non-ortho nitro benzene ring substituents is 1. The van der Waals surface area contributed by atoms with Gasteiger partial charge >= 0.3 is 5.97 Å². The monoisotopic (exact) mass is 374 g/mol. The summed E-state index contributed by atoms with van der Waals surface area (Å²) in [5, 5.41) is 10.7. The van der Waals surface area contributed by atoms with Gasteiger partial charge in [0.2, 0.25) is 5.76 Å². The average Bonchev–Trinajstić information content (AvgIpc) is 3.09. The molecule has 1 amide bonds. The molecule has 0 fully saturated rings. The number of rotatable bonds is 7. The van der Waals surface area contributed by atoms with E-state index >= 15 is 0 Å². The van der Waals surface area contributed by atoms with E-state index in [9.17, 15) is 19.7 Å². The zero-order valence-corrected chi connectivity index (χ0v) is 15.7. The van der Waals surface area contributed by atoms with Crippen LogP contribution in [0.1, 0.15) is 38.2 Å². The van der Waals surface area contributed by atoms with E-state index < -0.39 is 10.9 Å². The zero-order valence-electron chi connectivity index (χ0n) is 15.7. The Hall–Kier alpha value is -3.16. The minimum atomic E-state index is -0.746. The Labute approximate surface area is 156 Å². The smallest absolute Gasteiger partial charge is 0.374 e. The van der Waals surface area contributed by atoms with Crippen LogP contribution in [0.2, 0.25) is 0 Å². The number of carbonyl (C=O) groups excluding carboxylic acids is 2. The number of nitrogens with zero attached hydrogens (tertiary/aromatic N) is 2. The second-order valence-corrected chi connectivity index (χ2v) is 6.53.